The number of aromatic nitrogens is 6. The van der Waals surface area contributed by atoms with Crippen molar-refractivity contribution in [3.8, 4) is 11.5 Å². The molecule has 0 saturated heterocycles. The van der Waals surface area contributed by atoms with E-state index in [4.69, 9.17) is 0 Å². The lowest BCUT2D eigenvalue weighted by molar-refractivity contribution is -0.384. The van der Waals surface area contributed by atoms with Gasteiger partial charge in [-0.15, -0.1) is 16.4 Å². The predicted molar refractivity (Wildman–Crippen MR) is 79.8 cm³/mol. The number of fused-ring (bicyclic) bond motifs is 3. The molecule has 4 aromatic rings. The Hall–Kier alpha value is -2.88. The molecule has 0 aliphatic heterocycles. The van der Waals surface area contributed by atoms with E-state index in [2.05, 4.69) is 20.2 Å². The highest BCUT2D eigenvalue weighted by atomic mass is 32.1. The minimum atomic E-state index is -0.457. The normalized spacial score (nSPS) is 11.5. The Morgan fingerprint density at radius 2 is 2.18 bits per heavy atom. The van der Waals surface area contributed by atoms with E-state index < -0.39 is 4.92 Å². The van der Waals surface area contributed by atoms with Crippen LogP contribution in [0.1, 0.15) is 5.69 Å². The van der Waals surface area contributed by atoms with Crippen LogP contribution in [-0.2, 0) is 7.05 Å². The monoisotopic (exact) mass is 315 g/mol. The fraction of sp³-hybridized carbons (Fsp3) is 0.167. The molecule has 4 rings (SSSR count). The van der Waals surface area contributed by atoms with Crippen molar-refractivity contribution in [1.29, 1.82) is 0 Å². The molecule has 10 heteroatoms. The van der Waals surface area contributed by atoms with Crippen molar-refractivity contribution in [2.75, 3.05) is 0 Å². The first-order valence-electron chi connectivity index (χ1n) is 6.33. The molecule has 22 heavy (non-hydrogen) atoms. The molecular weight excluding hydrogens is 306 g/mol. The zero-order chi connectivity index (χ0) is 15.4. The summed E-state index contributed by atoms with van der Waals surface area (Å²) in [6.45, 7) is 1.59. The van der Waals surface area contributed by atoms with Crippen molar-refractivity contribution in [1.82, 2.24) is 29.4 Å². The fourth-order valence-electron chi connectivity index (χ4n) is 2.48. The van der Waals surface area contributed by atoms with Crippen LogP contribution in [0.5, 0.6) is 0 Å². The molecule has 0 fully saturated rings. The maximum absolute atomic E-state index is 11.3. The van der Waals surface area contributed by atoms with Crippen molar-refractivity contribution in [3.05, 3.63) is 33.6 Å². The van der Waals surface area contributed by atoms with Gasteiger partial charge in [-0.3, -0.25) is 14.8 Å². The molecule has 4 heterocycles. The van der Waals surface area contributed by atoms with E-state index in [1.807, 2.05) is 11.4 Å². The number of nitrogens with zero attached hydrogens (tertiary/aromatic N) is 7. The average Bonchev–Trinajstić information content (AvgIpc) is 3.13. The lowest BCUT2D eigenvalue weighted by Gasteiger charge is -1.94. The third kappa shape index (κ3) is 1.64. The molecule has 0 spiro atoms. The number of thiophene rings is 1. The maximum Gasteiger partial charge on any atom is 0.321 e. The summed E-state index contributed by atoms with van der Waals surface area (Å²) in [6.07, 6.45) is 1.56. The molecule has 0 atom stereocenters. The second-order valence-corrected chi connectivity index (χ2v) is 5.65. The predicted octanol–water partition coefficient (Wildman–Crippen LogP) is 1.96. The zero-order valence-electron chi connectivity index (χ0n) is 11.6. The van der Waals surface area contributed by atoms with Crippen LogP contribution in [0, 0.1) is 17.0 Å². The molecule has 0 saturated carbocycles. The Kier molecular flexibility index (Phi) is 2.51. The van der Waals surface area contributed by atoms with Gasteiger partial charge in [-0.1, -0.05) is 0 Å². The number of rotatable bonds is 2. The van der Waals surface area contributed by atoms with E-state index in [0.717, 1.165) is 10.2 Å². The smallest absolute Gasteiger partial charge is 0.258 e. The molecule has 0 aromatic carbocycles. The first-order chi connectivity index (χ1) is 10.6. The van der Waals surface area contributed by atoms with Crippen LogP contribution in [0.15, 0.2) is 17.8 Å². The van der Waals surface area contributed by atoms with Gasteiger partial charge < -0.3 is 0 Å². The van der Waals surface area contributed by atoms with Gasteiger partial charge in [0.05, 0.1) is 10.3 Å². The SMILES string of the molecule is Cc1nn(C)c(-c2nc3c4ccsc4ncn3n2)c1[N+](=O)[O-]. The summed E-state index contributed by atoms with van der Waals surface area (Å²) >= 11 is 1.50. The van der Waals surface area contributed by atoms with Crippen LogP contribution >= 0.6 is 11.3 Å². The van der Waals surface area contributed by atoms with E-state index in [-0.39, 0.29) is 17.2 Å². The molecule has 0 aliphatic carbocycles. The van der Waals surface area contributed by atoms with E-state index >= 15 is 0 Å². The average molecular weight is 315 g/mol. The summed E-state index contributed by atoms with van der Waals surface area (Å²) in [5, 5.41) is 22.5. The Morgan fingerprint density at radius 1 is 1.36 bits per heavy atom. The quantitative estimate of drug-likeness (QED) is 0.413. The van der Waals surface area contributed by atoms with Crippen molar-refractivity contribution in [2.45, 2.75) is 6.92 Å². The highest BCUT2D eigenvalue weighted by Crippen LogP contribution is 2.31. The van der Waals surface area contributed by atoms with Crippen LogP contribution in [0.25, 0.3) is 27.4 Å². The zero-order valence-corrected chi connectivity index (χ0v) is 12.4. The van der Waals surface area contributed by atoms with Gasteiger partial charge in [0.15, 0.2) is 11.3 Å². The van der Waals surface area contributed by atoms with Crippen LogP contribution in [0.3, 0.4) is 0 Å². The summed E-state index contributed by atoms with van der Waals surface area (Å²) in [5.41, 5.74) is 1.16. The molecule has 0 radical (unpaired) electrons. The number of aryl methyl sites for hydroxylation is 2. The molecule has 0 aliphatic rings. The molecule has 0 N–H and O–H groups in total. The van der Waals surface area contributed by atoms with Crippen molar-refractivity contribution < 1.29 is 4.92 Å². The minimum Gasteiger partial charge on any atom is -0.258 e. The van der Waals surface area contributed by atoms with Crippen LogP contribution in [-0.4, -0.2) is 34.3 Å². The van der Waals surface area contributed by atoms with Gasteiger partial charge in [-0.25, -0.2) is 14.5 Å². The third-order valence-corrected chi connectivity index (χ3v) is 4.21. The second-order valence-electron chi connectivity index (χ2n) is 4.75. The molecule has 4 aromatic heterocycles. The van der Waals surface area contributed by atoms with Gasteiger partial charge in [0.2, 0.25) is 5.82 Å². The number of hydrogen-bond donors (Lipinski definition) is 0. The van der Waals surface area contributed by atoms with E-state index in [1.54, 1.807) is 20.3 Å². The van der Waals surface area contributed by atoms with Crippen molar-refractivity contribution in [2.24, 2.45) is 7.05 Å². The van der Waals surface area contributed by atoms with Gasteiger partial charge in [0.1, 0.15) is 16.9 Å². The van der Waals surface area contributed by atoms with Gasteiger partial charge in [0.25, 0.3) is 0 Å². The van der Waals surface area contributed by atoms with Crippen LogP contribution < -0.4 is 0 Å². The van der Waals surface area contributed by atoms with Gasteiger partial charge in [0, 0.05) is 7.05 Å². The largest absolute Gasteiger partial charge is 0.321 e. The standard InChI is InChI=1S/C12H9N7O2S/c1-6-8(19(20)21)9(17(2)15-6)10-14-11-7-3-4-22-12(7)13-5-18(11)16-10/h3-5H,1-2H3. The Morgan fingerprint density at radius 3 is 2.95 bits per heavy atom. The Labute approximate surface area is 127 Å². The minimum absolute atomic E-state index is 0.0760. The Bertz CT molecular complexity index is 1040. The van der Waals surface area contributed by atoms with Crippen LogP contribution in [0.4, 0.5) is 5.69 Å². The van der Waals surface area contributed by atoms with E-state index in [9.17, 15) is 10.1 Å². The molecule has 110 valence electrons. The molecule has 0 bridgehead atoms. The first-order valence-corrected chi connectivity index (χ1v) is 7.21. The van der Waals surface area contributed by atoms with Gasteiger partial charge in [-0.2, -0.15) is 5.10 Å². The highest BCUT2D eigenvalue weighted by molar-refractivity contribution is 7.16. The van der Waals surface area contributed by atoms with Crippen LogP contribution in [0.2, 0.25) is 0 Å². The topological polar surface area (TPSA) is 104 Å². The van der Waals surface area contributed by atoms with E-state index in [0.29, 0.717) is 11.3 Å². The second kappa shape index (κ2) is 4.31. The first kappa shape index (κ1) is 12.8. The van der Waals surface area contributed by atoms with Crippen molar-refractivity contribution >= 4 is 32.9 Å². The lowest BCUT2D eigenvalue weighted by atomic mass is 10.3. The molecule has 9 nitrogen and oxygen atoms in total. The molecule has 0 unspecified atom stereocenters. The summed E-state index contributed by atoms with van der Waals surface area (Å²) in [5.74, 6) is 0.260. The summed E-state index contributed by atoms with van der Waals surface area (Å²) in [4.78, 5) is 20.4. The number of hydrogen-bond acceptors (Lipinski definition) is 7. The lowest BCUT2D eigenvalue weighted by Crippen LogP contribution is -1.98. The van der Waals surface area contributed by atoms with Gasteiger partial charge >= 0.3 is 5.69 Å². The summed E-state index contributed by atoms with van der Waals surface area (Å²) < 4.78 is 2.96. The van der Waals surface area contributed by atoms with Gasteiger partial charge in [-0.05, 0) is 18.4 Å². The molecular formula is C12H9N7O2S. The Balaban J connectivity index is 2.05. The van der Waals surface area contributed by atoms with E-state index in [1.165, 1.54) is 20.5 Å². The maximum atomic E-state index is 11.3. The third-order valence-electron chi connectivity index (χ3n) is 3.39. The van der Waals surface area contributed by atoms with Crippen molar-refractivity contribution in [3.63, 3.8) is 0 Å². The number of nitro groups is 1. The summed E-state index contributed by atoms with van der Waals surface area (Å²) in [6, 6.07) is 1.91. The fourth-order valence-corrected chi connectivity index (χ4v) is 3.21. The highest BCUT2D eigenvalue weighted by Gasteiger charge is 2.28. The molecule has 0 amide bonds. The summed E-state index contributed by atoms with van der Waals surface area (Å²) in [7, 11) is 1.64.